The summed E-state index contributed by atoms with van der Waals surface area (Å²) in [6.45, 7) is 5.59. The molecule has 8 nitrogen and oxygen atoms in total. The summed E-state index contributed by atoms with van der Waals surface area (Å²) < 4.78 is 22.2. The highest BCUT2D eigenvalue weighted by Crippen LogP contribution is 2.45. The molecule has 3 rings (SSSR count). The molecule has 0 aliphatic heterocycles. The fourth-order valence-electron chi connectivity index (χ4n) is 3.73. The molecule has 1 saturated carbocycles. The first-order valence-electron chi connectivity index (χ1n) is 10.1. The van der Waals surface area contributed by atoms with Crippen LogP contribution in [-0.4, -0.2) is 33.3 Å². The topological polar surface area (TPSA) is 127 Å². The minimum absolute atomic E-state index is 0.00502. The lowest BCUT2D eigenvalue weighted by molar-refractivity contribution is 0.0512. The quantitative estimate of drug-likeness (QED) is 0.346. The molecular weight excluding hydrogens is 409 g/mol. The van der Waals surface area contributed by atoms with Gasteiger partial charge in [0.05, 0.1) is 12.8 Å². The second kappa shape index (κ2) is 8.84. The first kappa shape index (κ1) is 22.4. The van der Waals surface area contributed by atoms with Crippen molar-refractivity contribution in [3.8, 4) is 0 Å². The summed E-state index contributed by atoms with van der Waals surface area (Å²) in [6, 6.07) is 3.37. The Morgan fingerprint density at radius 3 is 2.40 bits per heavy atom. The summed E-state index contributed by atoms with van der Waals surface area (Å²) in [5.41, 5.74) is 1.98. The van der Waals surface area contributed by atoms with Gasteiger partial charge in [-0.1, -0.05) is 31.1 Å². The van der Waals surface area contributed by atoms with Crippen molar-refractivity contribution in [2.45, 2.75) is 58.5 Å². The Balaban J connectivity index is 2.19. The summed E-state index contributed by atoms with van der Waals surface area (Å²) in [7, 11) is -4.44. The van der Waals surface area contributed by atoms with Crippen LogP contribution in [0.1, 0.15) is 88.4 Å². The molecule has 1 heterocycles. The van der Waals surface area contributed by atoms with Crippen LogP contribution in [0.2, 0.25) is 0 Å². The molecule has 0 unspecified atom stereocenters. The monoisotopic (exact) mass is 435 g/mol. The van der Waals surface area contributed by atoms with E-state index in [2.05, 4.69) is 5.16 Å². The predicted molar refractivity (Wildman–Crippen MR) is 109 cm³/mol. The molecule has 30 heavy (non-hydrogen) atoms. The van der Waals surface area contributed by atoms with E-state index < -0.39 is 25.5 Å². The fourth-order valence-corrected chi connectivity index (χ4v) is 4.51. The van der Waals surface area contributed by atoms with Gasteiger partial charge in [-0.25, -0.2) is 4.79 Å². The molecule has 0 spiro atoms. The van der Waals surface area contributed by atoms with Crippen molar-refractivity contribution < 1.29 is 33.2 Å². The number of aryl methyl sites for hydroxylation is 1. The van der Waals surface area contributed by atoms with Crippen molar-refractivity contribution >= 4 is 19.3 Å². The lowest BCUT2D eigenvalue weighted by atomic mass is 9.89. The number of carbonyl (C=O) groups is 2. The molecule has 1 aliphatic rings. The van der Waals surface area contributed by atoms with Gasteiger partial charge in [0.2, 0.25) is 5.69 Å². The summed E-state index contributed by atoms with van der Waals surface area (Å²) in [6.07, 6.45) is 2.28. The van der Waals surface area contributed by atoms with Gasteiger partial charge in [0, 0.05) is 11.5 Å². The fraction of sp³-hybridized carbons (Fsp3) is 0.476. The molecule has 2 N–H and O–H groups in total. The van der Waals surface area contributed by atoms with Gasteiger partial charge in [0.25, 0.3) is 0 Å². The van der Waals surface area contributed by atoms with Gasteiger partial charge < -0.3 is 19.0 Å². The molecule has 1 fully saturated rings. The minimum atomic E-state index is -4.44. The highest BCUT2D eigenvalue weighted by atomic mass is 31.2. The molecule has 0 atom stereocenters. The zero-order chi connectivity index (χ0) is 22.1. The van der Waals surface area contributed by atoms with Crippen LogP contribution in [0.3, 0.4) is 0 Å². The average Bonchev–Trinajstić information content (AvgIpc) is 3.44. The SMILES string of the molecule is CCOC(=O)c1noc(C2CC2)c1C(=O)c1ccc(CC)c(CC)c1CP(=O)(O)O. The third-order valence-electron chi connectivity index (χ3n) is 5.23. The van der Waals surface area contributed by atoms with Gasteiger partial charge in [0.1, 0.15) is 5.56 Å². The van der Waals surface area contributed by atoms with Gasteiger partial charge in [-0.2, -0.15) is 0 Å². The number of ketones is 1. The maximum Gasteiger partial charge on any atom is 0.361 e. The molecule has 1 aromatic carbocycles. The Kier molecular flexibility index (Phi) is 6.60. The number of esters is 1. The van der Waals surface area contributed by atoms with Gasteiger partial charge >= 0.3 is 13.6 Å². The van der Waals surface area contributed by atoms with Crippen molar-refractivity contribution in [1.29, 1.82) is 0 Å². The Bertz CT molecular complexity index is 1020. The van der Waals surface area contributed by atoms with E-state index in [1.807, 2.05) is 13.8 Å². The number of hydrogen-bond donors (Lipinski definition) is 2. The van der Waals surface area contributed by atoms with Crippen molar-refractivity contribution in [2.75, 3.05) is 6.61 Å². The normalized spacial score (nSPS) is 14.0. The van der Waals surface area contributed by atoms with Crippen molar-refractivity contribution in [3.05, 3.63) is 51.4 Å². The standard InChI is InChI=1S/C21H26NO7P/c1-4-12-9-10-15(16(14(12)5-2)11-30(25,26)27)19(23)17-18(21(24)28-6-3)22-29-20(17)13-7-8-13/h9-10,13H,4-8,11H2,1-3H3,(H2,25,26,27). The second-order valence-corrected chi connectivity index (χ2v) is 9.00. The Hall–Kier alpha value is -2.28. The zero-order valence-electron chi connectivity index (χ0n) is 17.3. The largest absolute Gasteiger partial charge is 0.461 e. The van der Waals surface area contributed by atoms with Gasteiger partial charge in [-0.3, -0.25) is 9.36 Å². The number of benzene rings is 1. The molecule has 162 valence electrons. The van der Waals surface area contributed by atoms with E-state index >= 15 is 0 Å². The molecule has 0 saturated heterocycles. The van der Waals surface area contributed by atoms with Crippen molar-refractivity contribution in [2.24, 2.45) is 0 Å². The average molecular weight is 435 g/mol. The third kappa shape index (κ3) is 4.56. The van der Waals surface area contributed by atoms with E-state index in [1.165, 1.54) is 0 Å². The van der Waals surface area contributed by atoms with Crippen LogP contribution < -0.4 is 0 Å². The van der Waals surface area contributed by atoms with Crippen LogP contribution in [0.15, 0.2) is 16.7 Å². The molecule has 0 bridgehead atoms. The Morgan fingerprint density at radius 2 is 1.87 bits per heavy atom. The first-order valence-corrected chi connectivity index (χ1v) is 11.9. The smallest absolute Gasteiger partial charge is 0.361 e. The highest BCUT2D eigenvalue weighted by Gasteiger charge is 2.38. The van der Waals surface area contributed by atoms with E-state index in [4.69, 9.17) is 9.26 Å². The number of ether oxygens (including phenoxy) is 1. The summed E-state index contributed by atoms with van der Waals surface area (Å²) in [5.74, 6) is -0.941. The first-order chi connectivity index (χ1) is 14.2. The zero-order valence-corrected chi connectivity index (χ0v) is 18.2. The number of aromatic nitrogens is 1. The molecule has 0 amide bonds. The summed E-state index contributed by atoms with van der Waals surface area (Å²) in [5, 5.41) is 3.80. The number of hydrogen-bond acceptors (Lipinski definition) is 6. The van der Waals surface area contributed by atoms with E-state index in [1.54, 1.807) is 19.1 Å². The van der Waals surface area contributed by atoms with Crippen molar-refractivity contribution in [1.82, 2.24) is 5.16 Å². The van der Waals surface area contributed by atoms with Gasteiger partial charge in [-0.05, 0) is 49.3 Å². The van der Waals surface area contributed by atoms with Crippen LogP contribution in [0.5, 0.6) is 0 Å². The summed E-state index contributed by atoms with van der Waals surface area (Å²) >= 11 is 0. The van der Waals surface area contributed by atoms with Crippen LogP contribution >= 0.6 is 7.60 Å². The lowest BCUT2D eigenvalue weighted by Gasteiger charge is -2.18. The molecule has 1 aromatic heterocycles. The van der Waals surface area contributed by atoms with Gasteiger partial charge in [-0.15, -0.1) is 0 Å². The second-order valence-electron chi connectivity index (χ2n) is 7.35. The molecule has 9 heteroatoms. The minimum Gasteiger partial charge on any atom is -0.461 e. The summed E-state index contributed by atoms with van der Waals surface area (Å²) in [4.78, 5) is 45.3. The number of rotatable bonds is 9. The van der Waals surface area contributed by atoms with E-state index in [0.717, 1.165) is 24.0 Å². The van der Waals surface area contributed by atoms with Crippen LogP contribution in [0.25, 0.3) is 0 Å². The van der Waals surface area contributed by atoms with Crippen molar-refractivity contribution in [3.63, 3.8) is 0 Å². The lowest BCUT2D eigenvalue weighted by Crippen LogP contribution is -2.16. The Morgan fingerprint density at radius 1 is 1.17 bits per heavy atom. The predicted octanol–water partition coefficient (Wildman–Crippen LogP) is 3.76. The molecular formula is C21H26NO7P. The molecule has 1 aliphatic carbocycles. The molecule has 0 radical (unpaired) electrons. The molecule has 2 aromatic rings. The number of nitrogens with zero attached hydrogens (tertiary/aromatic N) is 1. The van der Waals surface area contributed by atoms with E-state index in [0.29, 0.717) is 24.2 Å². The van der Waals surface area contributed by atoms with E-state index in [9.17, 15) is 23.9 Å². The van der Waals surface area contributed by atoms with E-state index in [-0.39, 0.29) is 29.3 Å². The van der Waals surface area contributed by atoms with Crippen LogP contribution in [0.4, 0.5) is 0 Å². The maximum atomic E-state index is 13.6. The maximum absolute atomic E-state index is 13.6. The van der Waals surface area contributed by atoms with Gasteiger partial charge in [0.15, 0.2) is 11.5 Å². The third-order valence-corrected chi connectivity index (χ3v) is 5.96. The van der Waals surface area contributed by atoms with Crippen LogP contribution in [0, 0.1) is 0 Å². The highest BCUT2D eigenvalue weighted by molar-refractivity contribution is 7.50. The number of carbonyl (C=O) groups excluding carboxylic acids is 2. The Labute approximate surface area is 174 Å². The van der Waals surface area contributed by atoms with Crippen LogP contribution in [-0.2, 0) is 28.3 Å².